The molecule has 0 bridgehead atoms. The Hall–Kier alpha value is -0.227. The van der Waals surface area contributed by atoms with Crippen LogP contribution >= 0.6 is 0 Å². The molecule has 4 rings (SSSR count). The molecular weight excluding hydrogens is 414 g/mol. The van der Waals surface area contributed by atoms with Crippen LogP contribution in [0.1, 0.15) is 55.6 Å². The van der Waals surface area contributed by atoms with Crippen LogP contribution in [0.25, 0.3) is 6.08 Å². The molecule has 0 saturated heterocycles. The molecule has 0 spiro atoms. The van der Waals surface area contributed by atoms with Crippen LogP contribution in [0.2, 0.25) is 0 Å². The average molecular weight is 439 g/mol. The molecule has 1 saturated carbocycles. The standard InChI is InChI=1S/C16H19.C5H5.2ClH.Zr/c1-2-4-8-13(7-3-1)16-12-11-14-9-5-6-10-15(14)16;1-2-4-5-3-1;;;/h5-6,9-11,13,16H,1-4,7-8H2;1-5H;2*1H;/q2*-1;;;+4/p-2. The molecule has 2 aliphatic rings. The molecule has 0 heterocycles. The molecular formula is C21H24Cl2Zr. The van der Waals surface area contributed by atoms with Crippen molar-refractivity contribution in [1.82, 2.24) is 0 Å². The van der Waals surface area contributed by atoms with Gasteiger partial charge in [0.25, 0.3) is 0 Å². The largest absolute Gasteiger partial charge is 4.00 e. The van der Waals surface area contributed by atoms with Crippen LogP contribution in [0.15, 0.2) is 54.6 Å². The zero-order valence-corrected chi connectivity index (χ0v) is 17.9. The van der Waals surface area contributed by atoms with Crippen molar-refractivity contribution in [2.75, 3.05) is 0 Å². The number of benzene rings is 1. The van der Waals surface area contributed by atoms with E-state index in [-0.39, 0.29) is 51.0 Å². The van der Waals surface area contributed by atoms with Gasteiger partial charge in [-0.15, -0.1) is 11.6 Å². The molecule has 1 fully saturated rings. The normalized spacial score (nSPS) is 18.6. The Morgan fingerprint density at radius 2 is 1.46 bits per heavy atom. The molecule has 24 heavy (non-hydrogen) atoms. The van der Waals surface area contributed by atoms with Gasteiger partial charge in [0.05, 0.1) is 0 Å². The van der Waals surface area contributed by atoms with Gasteiger partial charge in [-0.1, -0.05) is 62.6 Å². The summed E-state index contributed by atoms with van der Waals surface area (Å²) >= 11 is 0. The van der Waals surface area contributed by atoms with Crippen molar-refractivity contribution in [2.24, 2.45) is 5.92 Å². The zero-order valence-electron chi connectivity index (χ0n) is 13.9. The van der Waals surface area contributed by atoms with Gasteiger partial charge in [-0.05, 0) is 5.92 Å². The van der Waals surface area contributed by atoms with E-state index in [4.69, 9.17) is 0 Å². The fourth-order valence-electron chi connectivity index (χ4n) is 3.55. The fourth-order valence-corrected chi connectivity index (χ4v) is 3.55. The van der Waals surface area contributed by atoms with Crippen LogP contribution < -0.4 is 24.8 Å². The Morgan fingerprint density at radius 3 is 2.04 bits per heavy atom. The summed E-state index contributed by atoms with van der Waals surface area (Å²) in [4.78, 5) is 0. The van der Waals surface area contributed by atoms with E-state index in [1.165, 1.54) is 49.7 Å². The van der Waals surface area contributed by atoms with Crippen molar-refractivity contribution < 1.29 is 51.0 Å². The van der Waals surface area contributed by atoms with Crippen molar-refractivity contribution in [2.45, 2.75) is 44.4 Å². The minimum absolute atomic E-state index is 0. The molecule has 0 radical (unpaired) electrons. The smallest absolute Gasteiger partial charge is 1.00 e. The average Bonchev–Trinajstić information content (AvgIpc) is 3.16. The minimum atomic E-state index is 0. The maximum Gasteiger partial charge on any atom is 4.00 e. The van der Waals surface area contributed by atoms with Gasteiger partial charge in [-0.3, -0.25) is 6.08 Å². The third-order valence-corrected chi connectivity index (χ3v) is 4.68. The van der Waals surface area contributed by atoms with Crippen LogP contribution in [0.4, 0.5) is 0 Å². The van der Waals surface area contributed by atoms with Gasteiger partial charge in [-0.2, -0.15) is 23.8 Å². The van der Waals surface area contributed by atoms with E-state index in [9.17, 15) is 0 Å². The van der Waals surface area contributed by atoms with E-state index in [1.54, 1.807) is 0 Å². The summed E-state index contributed by atoms with van der Waals surface area (Å²) in [6.07, 6.45) is 14.3. The topological polar surface area (TPSA) is 0 Å². The van der Waals surface area contributed by atoms with Gasteiger partial charge in [0, 0.05) is 0 Å². The maximum absolute atomic E-state index is 3.59. The quantitative estimate of drug-likeness (QED) is 0.434. The van der Waals surface area contributed by atoms with Gasteiger partial charge in [-0.25, -0.2) is 18.2 Å². The van der Waals surface area contributed by atoms with Gasteiger partial charge in [0.15, 0.2) is 0 Å². The first-order valence-corrected chi connectivity index (χ1v) is 8.30. The molecule has 0 amide bonds. The number of allylic oxidation sites excluding steroid dienone is 1. The van der Waals surface area contributed by atoms with Crippen molar-refractivity contribution in [3.05, 3.63) is 71.8 Å². The molecule has 1 atom stereocenters. The molecule has 126 valence electrons. The molecule has 1 unspecified atom stereocenters. The van der Waals surface area contributed by atoms with Crippen molar-refractivity contribution >= 4 is 6.08 Å². The second-order valence-electron chi connectivity index (χ2n) is 6.13. The van der Waals surface area contributed by atoms with Crippen molar-refractivity contribution in [1.29, 1.82) is 0 Å². The Bertz CT molecular complexity index is 538. The van der Waals surface area contributed by atoms with Gasteiger partial charge in [0.1, 0.15) is 0 Å². The molecule has 2 aliphatic carbocycles. The van der Waals surface area contributed by atoms with E-state index in [2.05, 4.69) is 36.4 Å². The van der Waals surface area contributed by atoms with Crippen LogP contribution in [-0.4, -0.2) is 0 Å². The molecule has 0 aromatic heterocycles. The van der Waals surface area contributed by atoms with Crippen LogP contribution in [-0.2, 0) is 26.2 Å². The Morgan fingerprint density at radius 1 is 0.833 bits per heavy atom. The molecule has 0 nitrogen and oxygen atoms in total. The Kier molecular flexibility index (Phi) is 12.9. The first-order chi connectivity index (χ1) is 10.4. The van der Waals surface area contributed by atoms with Gasteiger partial charge >= 0.3 is 26.2 Å². The third-order valence-electron chi connectivity index (χ3n) is 4.68. The number of hydrogen-bond acceptors (Lipinski definition) is 0. The van der Waals surface area contributed by atoms with E-state index in [0.29, 0.717) is 5.92 Å². The molecule has 2 aromatic rings. The summed E-state index contributed by atoms with van der Waals surface area (Å²) in [5.41, 5.74) is 2.92. The van der Waals surface area contributed by atoms with Gasteiger partial charge in [0.2, 0.25) is 0 Å². The second-order valence-corrected chi connectivity index (χ2v) is 6.13. The van der Waals surface area contributed by atoms with Crippen LogP contribution in [0, 0.1) is 12.0 Å². The van der Waals surface area contributed by atoms with Crippen LogP contribution in [0.5, 0.6) is 0 Å². The Labute approximate surface area is 178 Å². The Balaban J connectivity index is 0.000000578. The summed E-state index contributed by atoms with van der Waals surface area (Å²) in [5, 5.41) is 0. The summed E-state index contributed by atoms with van der Waals surface area (Å²) in [5.74, 6) is 1.44. The number of halogens is 2. The predicted octanol–water partition coefficient (Wildman–Crippen LogP) is -0.0184. The predicted molar refractivity (Wildman–Crippen MR) is 90.1 cm³/mol. The maximum atomic E-state index is 3.59. The SMILES string of the molecule is [C-]1=Cc2ccccc2C1C1CCCCCC1.[Cl-].[Cl-].[Zr+4].c1cc[cH-]c1. The van der Waals surface area contributed by atoms with E-state index in [0.717, 1.165) is 5.92 Å². The number of hydrogen-bond donors (Lipinski definition) is 0. The third kappa shape index (κ3) is 6.59. The van der Waals surface area contributed by atoms with Crippen molar-refractivity contribution in [3.8, 4) is 0 Å². The fraction of sp³-hybridized carbons (Fsp3) is 0.381. The monoisotopic (exact) mass is 436 g/mol. The summed E-state index contributed by atoms with van der Waals surface area (Å²) in [7, 11) is 0. The minimum Gasteiger partial charge on any atom is -1.00 e. The van der Waals surface area contributed by atoms with Gasteiger partial charge < -0.3 is 24.8 Å². The second kappa shape index (κ2) is 13.0. The summed E-state index contributed by atoms with van der Waals surface area (Å²) < 4.78 is 0. The van der Waals surface area contributed by atoms with E-state index < -0.39 is 0 Å². The van der Waals surface area contributed by atoms with E-state index in [1.807, 2.05) is 30.3 Å². The number of fused-ring (bicyclic) bond motifs is 1. The first kappa shape index (κ1) is 23.8. The molecule has 3 heteroatoms. The summed E-state index contributed by atoms with van der Waals surface area (Å²) in [6.45, 7) is 0. The van der Waals surface area contributed by atoms with Crippen molar-refractivity contribution in [3.63, 3.8) is 0 Å². The first-order valence-electron chi connectivity index (χ1n) is 8.30. The van der Waals surface area contributed by atoms with E-state index >= 15 is 0 Å². The molecule has 0 aliphatic heterocycles. The summed E-state index contributed by atoms with van der Waals surface area (Å²) in [6, 6.07) is 18.8. The molecule has 2 aromatic carbocycles. The zero-order chi connectivity index (χ0) is 14.3. The number of rotatable bonds is 1. The van der Waals surface area contributed by atoms with Crippen LogP contribution in [0.3, 0.4) is 0 Å². The molecule has 0 N–H and O–H groups in total.